The summed E-state index contributed by atoms with van der Waals surface area (Å²) in [4.78, 5) is 17.9. The molecule has 2 rings (SSSR count). The van der Waals surface area contributed by atoms with Crippen LogP contribution in [0.25, 0.3) is 0 Å². The molecule has 0 radical (unpaired) electrons. The fraction of sp³-hybridized carbons (Fsp3) is 0.538. The van der Waals surface area contributed by atoms with Gasteiger partial charge in [0.05, 0.1) is 6.10 Å². The van der Waals surface area contributed by atoms with E-state index in [0.717, 1.165) is 25.1 Å². The summed E-state index contributed by atoms with van der Waals surface area (Å²) in [5.41, 5.74) is 1.53. The molecule has 1 saturated carbocycles. The number of hydrogen-bond acceptors (Lipinski definition) is 3. The van der Waals surface area contributed by atoms with Gasteiger partial charge >= 0.3 is 0 Å². The van der Waals surface area contributed by atoms with Crippen LogP contribution in [0, 0.1) is 12.8 Å². The number of pyridine rings is 1. The minimum Gasteiger partial charge on any atom is -0.393 e. The third-order valence-electron chi connectivity index (χ3n) is 3.23. The van der Waals surface area contributed by atoms with Crippen LogP contribution in [-0.4, -0.2) is 40.6 Å². The second kappa shape index (κ2) is 4.84. The van der Waals surface area contributed by atoms with Crippen molar-refractivity contribution in [1.29, 1.82) is 0 Å². The minimum atomic E-state index is -0.160. The van der Waals surface area contributed by atoms with Crippen molar-refractivity contribution in [2.75, 3.05) is 13.6 Å². The Kier molecular flexibility index (Phi) is 3.43. The first-order valence-electron chi connectivity index (χ1n) is 5.92. The van der Waals surface area contributed by atoms with Crippen molar-refractivity contribution < 1.29 is 9.90 Å². The Hall–Kier alpha value is -1.42. The van der Waals surface area contributed by atoms with Gasteiger partial charge in [-0.2, -0.15) is 0 Å². The van der Waals surface area contributed by atoms with Crippen LogP contribution in [0.2, 0.25) is 0 Å². The second-order valence-corrected chi connectivity index (χ2v) is 4.86. The smallest absolute Gasteiger partial charge is 0.253 e. The van der Waals surface area contributed by atoms with Gasteiger partial charge in [0.2, 0.25) is 0 Å². The molecule has 1 aliphatic rings. The van der Waals surface area contributed by atoms with E-state index in [2.05, 4.69) is 4.98 Å². The average molecular weight is 234 g/mol. The summed E-state index contributed by atoms with van der Waals surface area (Å²) in [5.74, 6) is 0.471. The Morgan fingerprint density at radius 2 is 2.29 bits per heavy atom. The molecule has 0 atom stereocenters. The first-order valence-corrected chi connectivity index (χ1v) is 5.92. The number of aliphatic hydroxyl groups excluding tert-OH is 1. The standard InChI is InChI=1S/C13H18N2O2/c1-9-5-11(3-4-14-9)13(17)15(2)8-10-6-12(16)7-10/h3-5,10,12,16H,6-8H2,1-2H3. The number of rotatable bonds is 3. The molecule has 0 spiro atoms. The molecule has 1 aromatic rings. The molecular formula is C13H18N2O2. The van der Waals surface area contributed by atoms with E-state index in [4.69, 9.17) is 0 Å². The van der Waals surface area contributed by atoms with Gasteiger partial charge in [-0.15, -0.1) is 0 Å². The number of aromatic nitrogens is 1. The lowest BCUT2D eigenvalue weighted by atomic mass is 9.82. The molecule has 1 fully saturated rings. The Morgan fingerprint density at radius 1 is 1.59 bits per heavy atom. The van der Waals surface area contributed by atoms with E-state index >= 15 is 0 Å². The molecule has 17 heavy (non-hydrogen) atoms. The monoisotopic (exact) mass is 234 g/mol. The molecule has 0 aromatic carbocycles. The summed E-state index contributed by atoms with van der Waals surface area (Å²) in [6.07, 6.45) is 3.12. The number of carbonyl (C=O) groups excluding carboxylic acids is 1. The van der Waals surface area contributed by atoms with E-state index in [9.17, 15) is 9.90 Å². The Balaban J connectivity index is 1.95. The number of aryl methyl sites for hydroxylation is 1. The quantitative estimate of drug-likeness (QED) is 0.856. The summed E-state index contributed by atoms with van der Waals surface area (Å²) in [6.45, 7) is 2.59. The first-order chi connectivity index (χ1) is 8.06. The molecule has 1 aromatic heterocycles. The molecule has 0 saturated heterocycles. The maximum absolute atomic E-state index is 12.1. The molecule has 4 nitrogen and oxygen atoms in total. The van der Waals surface area contributed by atoms with Crippen LogP contribution in [0.15, 0.2) is 18.3 Å². The van der Waals surface area contributed by atoms with Crippen LogP contribution in [0.5, 0.6) is 0 Å². The van der Waals surface area contributed by atoms with Crippen molar-refractivity contribution in [2.24, 2.45) is 5.92 Å². The van der Waals surface area contributed by atoms with Crippen LogP contribution < -0.4 is 0 Å². The van der Waals surface area contributed by atoms with Crippen LogP contribution in [0.4, 0.5) is 0 Å². The normalized spacial score (nSPS) is 23.0. The maximum atomic E-state index is 12.1. The largest absolute Gasteiger partial charge is 0.393 e. The fourth-order valence-corrected chi connectivity index (χ4v) is 2.22. The van der Waals surface area contributed by atoms with Crippen molar-refractivity contribution in [3.8, 4) is 0 Å². The zero-order valence-electron chi connectivity index (χ0n) is 10.3. The molecule has 1 N–H and O–H groups in total. The van der Waals surface area contributed by atoms with Crippen LogP contribution in [0.1, 0.15) is 28.9 Å². The van der Waals surface area contributed by atoms with E-state index in [-0.39, 0.29) is 12.0 Å². The average Bonchev–Trinajstić information content (AvgIpc) is 2.26. The van der Waals surface area contributed by atoms with Crippen molar-refractivity contribution in [3.05, 3.63) is 29.6 Å². The Labute approximate surface area is 101 Å². The van der Waals surface area contributed by atoms with Gasteiger partial charge < -0.3 is 10.0 Å². The zero-order chi connectivity index (χ0) is 12.4. The zero-order valence-corrected chi connectivity index (χ0v) is 10.3. The number of amides is 1. The highest BCUT2D eigenvalue weighted by Crippen LogP contribution is 2.27. The molecule has 1 aliphatic carbocycles. The highest BCUT2D eigenvalue weighted by molar-refractivity contribution is 5.94. The van der Waals surface area contributed by atoms with Crippen molar-refractivity contribution in [1.82, 2.24) is 9.88 Å². The fourth-order valence-electron chi connectivity index (χ4n) is 2.22. The Bertz CT molecular complexity index is 414. The lowest BCUT2D eigenvalue weighted by molar-refractivity contribution is 0.0265. The summed E-state index contributed by atoms with van der Waals surface area (Å²) in [5, 5.41) is 9.21. The molecule has 1 amide bonds. The molecule has 92 valence electrons. The predicted octanol–water partition coefficient (Wildman–Crippen LogP) is 1.23. The Morgan fingerprint density at radius 3 is 2.88 bits per heavy atom. The molecule has 0 unspecified atom stereocenters. The summed E-state index contributed by atoms with van der Waals surface area (Å²) >= 11 is 0. The van der Waals surface area contributed by atoms with Gasteiger partial charge in [0.25, 0.3) is 5.91 Å². The van der Waals surface area contributed by atoms with Gasteiger partial charge in [0, 0.05) is 31.0 Å². The van der Waals surface area contributed by atoms with Crippen molar-refractivity contribution in [3.63, 3.8) is 0 Å². The van der Waals surface area contributed by atoms with E-state index < -0.39 is 0 Å². The highest BCUT2D eigenvalue weighted by Gasteiger charge is 2.29. The van der Waals surface area contributed by atoms with E-state index in [1.54, 1.807) is 23.2 Å². The third-order valence-corrected chi connectivity index (χ3v) is 3.23. The van der Waals surface area contributed by atoms with Crippen molar-refractivity contribution in [2.45, 2.75) is 25.9 Å². The van der Waals surface area contributed by atoms with Gasteiger partial charge in [-0.1, -0.05) is 0 Å². The van der Waals surface area contributed by atoms with E-state index in [0.29, 0.717) is 11.5 Å². The minimum absolute atomic E-state index is 0.0249. The summed E-state index contributed by atoms with van der Waals surface area (Å²) in [7, 11) is 1.81. The molecule has 1 heterocycles. The number of carbonyl (C=O) groups is 1. The van der Waals surface area contributed by atoms with Crippen molar-refractivity contribution >= 4 is 5.91 Å². The molecular weight excluding hydrogens is 216 g/mol. The van der Waals surface area contributed by atoms with Crippen LogP contribution in [0.3, 0.4) is 0 Å². The number of aliphatic hydroxyl groups is 1. The van der Waals surface area contributed by atoms with E-state index in [1.165, 1.54) is 0 Å². The van der Waals surface area contributed by atoms with Crippen LogP contribution in [-0.2, 0) is 0 Å². The van der Waals surface area contributed by atoms with Gasteiger partial charge in [-0.25, -0.2) is 0 Å². The first kappa shape index (κ1) is 12.0. The SMILES string of the molecule is Cc1cc(C(=O)N(C)CC2CC(O)C2)ccn1. The van der Waals surface area contributed by atoms with Gasteiger partial charge in [0.15, 0.2) is 0 Å². The second-order valence-electron chi connectivity index (χ2n) is 4.86. The predicted molar refractivity (Wildman–Crippen MR) is 64.7 cm³/mol. The topological polar surface area (TPSA) is 53.4 Å². The molecule has 4 heteroatoms. The lowest BCUT2D eigenvalue weighted by Gasteiger charge is -2.34. The third kappa shape index (κ3) is 2.82. The van der Waals surface area contributed by atoms with E-state index in [1.807, 2.05) is 14.0 Å². The lowest BCUT2D eigenvalue weighted by Crippen LogP contribution is -2.39. The van der Waals surface area contributed by atoms with Gasteiger partial charge in [0.1, 0.15) is 0 Å². The molecule has 0 bridgehead atoms. The van der Waals surface area contributed by atoms with Gasteiger partial charge in [-0.3, -0.25) is 9.78 Å². The summed E-state index contributed by atoms with van der Waals surface area (Å²) < 4.78 is 0. The summed E-state index contributed by atoms with van der Waals surface area (Å²) in [6, 6.07) is 3.54. The number of hydrogen-bond donors (Lipinski definition) is 1. The number of nitrogens with zero attached hydrogens (tertiary/aromatic N) is 2. The highest BCUT2D eigenvalue weighted by atomic mass is 16.3. The van der Waals surface area contributed by atoms with Gasteiger partial charge in [-0.05, 0) is 37.8 Å². The molecule has 0 aliphatic heterocycles. The maximum Gasteiger partial charge on any atom is 0.253 e. The van der Waals surface area contributed by atoms with Crippen LogP contribution >= 0.6 is 0 Å².